The second-order valence-corrected chi connectivity index (χ2v) is 5.08. The van der Waals surface area contributed by atoms with Crippen LogP contribution in [-0.2, 0) is 0 Å². The van der Waals surface area contributed by atoms with E-state index in [-0.39, 0.29) is 0 Å². The second kappa shape index (κ2) is 2.95. The molecule has 1 nitrogen and oxygen atoms in total. The fraction of sp³-hybridized carbons (Fsp3) is 0.455. The zero-order chi connectivity index (χ0) is 8.67. The number of fused-ring (bicyclic) bond motifs is 2. The molecular formula is C11H13NS. The van der Waals surface area contributed by atoms with Gasteiger partial charge in [0.15, 0.2) is 0 Å². The molecule has 0 amide bonds. The zero-order valence-corrected chi connectivity index (χ0v) is 8.31. The Morgan fingerprint density at radius 2 is 2.38 bits per heavy atom. The molecule has 68 valence electrons. The summed E-state index contributed by atoms with van der Waals surface area (Å²) in [5.41, 5.74) is 3.04. The van der Waals surface area contributed by atoms with Crippen molar-refractivity contribution in [1.29, 1.82) is 0 Å². The highest BCUT2D eigenvalue weighted by Crippen LogP contribution is 2.43. The van der Waals surface area contributed by atoms with Gasteiger partial charge in [0, 0.05) is 17.5 Å². The highest BCUT2D eigenvalue weighted by atomic mass is 32.2. The van der Waals surface area contributed by atoms with Crippen molar-refractivity contribution in [3.63, 3.8) is 0 Å². The summed E-state index contributed by atoms with van der Waals surface area (Å²) in [5.74, 6) is 0. The van der Waals surface area contributed by atoms with Crippen LogP contribution in [0.4, 0.5) is 0 Å². The van der Waals surface area contributed by atoms with Crippen molar-refractivity contribution in [2.75, 3.05) is 6.54 Å². The summed E-state index contributed by atoms with van der Waals surface area (Å²) in [5, 5.41) is 4.94. The zero-order valence-electron chi connectivity index (χ0n) is 7.49. The maximum atomic E-state index is 3.55. The molecule has 2 heterocycles. The van der Waals surface area contributed by atoms with Gasteiger partial charge in [-0.3, -0.25) is 0 Å². The minimum atomic E-state index is 0.635. The van der Waals surface area contributed by atoms with Crippen LogP contribution in [0.15, 0.2) is 35.6 Å². The summed E-state index contributed by atoms with van der Waals surface area (Å²) in [6, 6.07) is 0. The minimum Gasteiger partial charge on any atom is -0.387 e. The molecule has 1 N–H and O–H groups in total. The van der Waals surface area contributed by atoms with Gasteiger partial charge in [-0.1, -0.05) is 24.3 Å². The van der Waals surface area contributed by atoms with Gasteiger partial charge < -0.3 is 5.32 Å². The average Bonchev–Trinajstić information content (AvgIpc) is 2.56. The molecule has 0 spiro atoms. The summed E-state index contributed by atoms with van der Waals surface area (Å²) in [4.78, 5) is 0. The van der Waals surface area contributed by atoms with Gasteiger partial charge in [-0.25, -0.2) is 0 Å². The molecule has 2 heteroatoms. The quantitative estimate of drug-likeness (QED) is 0.630. The number of piperidine rings is 1. The lowest BCUT2D eigenvalue weighted by Gasteiger charge is -2.22. The van der Waals surface area contributed by atoms with E-state index in [1.54, 1.807) is 0 Å². The molecule has 1 saturated heterocycles. The molecule has 2 unspecified atom stereocenters. The van der Waals surface area contributed by atoms with E-state index in [4.69, 9.17) is 0 Å². The number of hydrogen-bond donors (Lipinski definition) is 1. The Morgan fingerprint density at radius 1 is 1.38 bits per heavy atom. The molecule has 0 bridgehead atoms. The number of rotatable bonds is 0. The van der Waals surface area contributed by atoms with Gasteiger partial charge in [0.1, 0.15) is 0 Å². The first-order valence-electron chi connectivity index (χ1n) is 4.93. The van der Waals surface area contributed by atoms with Crippen LogP contribution in [0.3, 0.4) is 0 Å². The van der Waals surface area contributed by atoms with Gasteiger partial charge in [-0.15, -0.1) is 11.8 Å². The van der Waals surface area contributed by atoms with Gasteiger partial charge in [0.25, 0.3) is 0 Å². The fourth-order valence-corrected chi connectivity index (χ4v) is 3.80. The summed E-state index contributed by atoms with van der Waals surface area (Å²) < 4.78 is 0. The van der Waals surface area contributed by atoms with Crippen molar-refractivity contribution >= 4 is 11.8 Å². The Morgan fingerprint density at radius 3 is 3.38 bits per heavy atom. The van der Waals surface area contributed by atoms with Gasteiger partial charge >= 0.3 is 0 Å². The molecule has 2 atom stereocenters. The third kappa shape index (κ3) is 1.16. The van der Waals surface area contributed by atoms with E-state index in [1.807, 2.05) is 0 Å². The Labute approximate surface area is 83.0 Å². The van der Waals surface area contributed by atoms with Crippen LogP contribution in [0.2, 0.25) is 0 Å². The van der Waals surface area contributed by atoms with E-state index >= 15 is 0 Å². The molecule has 3 rings (SSSR count). The van der Waals surface area contributed by atoms with Crippen LogP contribution in [0.5, 0.6) is 0 Å². The highest BCUT2D eigenvalue weighted by molar-refractivity contribution is 8.01. The first-order valence-corrected chi connectivity index (χ1v) is 5.88. The maximum Gasteiger partial charge on any atom is 0.0504 e. The topological polar surface area (TPSA) is 12.0 Å². The Kier molecular flexibility index (Phi) is 1.76. The lowest BCUT2D eigenvalue weighted by atomic mass is 10.00. The lowest BCUT2D eigenvalue weighted by Crippen LogP contribution is -2.27. The summed E-state index contributed by atoms with van der Waals surface area (Å²) >= 11 is 2.10. The van der Waals surface area contributed by atoms with Crippen LogP contribution in [0.25, 0.3) is 0 Å². The van der Waals surface area contributed by atoms with E-state index in [1.165, 1.54) is 30.7 Å². The predicted octanol–water partition coefficient (Wildman–Crippen LogP) is 2.23. The van der Waals surface area contributed by atoms with Gasteiger partial charge in [0.05, 0.1) is 5.25 Å². The van der Waals surface area contributed by atoms with Crippen molar-refractivity contribution in [3.8, 4) is 0 Å². The normalized spacial score (nSPS) is 35.7. The predicted molar refractivity (Wildman–Crippen MR) is 57.7 cm³/mol. The molecule has 1 fully saturated rings. The molecule has 0 saturated carbocycles. The lowest BCUT2D eigenvalue weighted by molar-refractivity contribution is 0.599. The minimum absolute atomic E-state index is 0.635. The summed E-state index contributed by atoms with van der Waals surface area (Å²) in [6.07, 6.45) is 11.6. The van der Waals surface area contributed by atoms with Crippen molar-refractivity contribution in [3.05, 3.63) is 35.6 Å². The third-order valence-corrected chi connectivity index (χ3v) is 4.39. The van der Waals surface area contributed by atoms with Crippen molar-refractivity contribution in [2.24, 2.45) is 0 Å². The third-order valence-electron chi connectivity index (χ3n) is 2.88. The molecule has 0 aromatic rings. The standard InChI is InChI=1S/C11H13NS/c1-2-5-9-8(4-1)11-10(13-9)6-3-7-12-11/h1-2,4-5,9-10,12H,3,6-7H2. The van der Waals surface area contributed by atoms with Crippen LogP contribution >= 0.6 is 11.8 Å². The van der Waals surface area contributed by atoms with Gasteiger partial charge in [-0.2, -0.15) is 0 Å². The van der Waals surface area contributed by atoms with Crippen molar-refractivity contribution in [2.45, 2.75) is 23.3 Å². The monoisotopic (exact) mass is 191 g/mol. The van der Waals surface area contributed by atoms with Crippen molar-refractivity contribution in [1.82, 2.24) is 5.32 Å². The molecule has 13 heavy (non-hydrogen) atoms. The molecule has 3 aliphatic rings. The number of nitrogens with one attached hydrogen (secondary N) is 1. The Bertz CT molecular complexity index is 314. The second-order valence-electron chi connectivity index (χ2n) is 3.73. The largest absolute Gasteiger partial charge is 0.387 e. The smallest absolute Gasteiger partial charge is 0.0504 e. The molecular weight excluding hydrogens is 178 g/mol. The number of allylic oxidation sites excluding steroid dienone is 3. The maximum absolute atomic E-state index is 3.55. The average molecular weight is 191 g/mol. The van der Waals surface area contributed by atoms with E-state index in [9.17, 15) is 0 Å². The molecule has 0 aromatic heterocycles. The Hall–Kier alpha value is -0.630. The molecule has 1 aliphatic carbocycles. The first-order chi connectivity index (χ1) is 6.45. The van der Waals surface area contributed by atoms with E-state index < -0.39 is 0 Å². The van der Waals surface area contributed by atoms with Crippen molar-refractivity contribution < 1.29 is 0 Å². The van der Waals surface area contributed by atoms with E-state index in [0.29, 0.717) is 5.25 Å². The molecule has 0 aromatic carbocycles. The summed E-state index contributed by atoms with van der Waals surface area (Å²) in [7, 11) is 0. The van der Waals surface area contributed by atoms with Crippen LogP contribution in [-0.4, -0.2) is 17.0 Å². The molecule has 0 radical (unpaired) electrons. The number of hydrogen-bond acceptors (Lipinski definition) is 2. The van der Waals surface area contributed by atoms with Gasteiger partial charge in [0.2, 0.25) is 0 Å². The van der Waals surface area contributed by atoms with Crippen LogP contribution in [0, 0.1) is 0 Å². The van der Waals surface area contributed by atoms with Gasteiger partial charge in [-0.05, 0) is 18.4 Å². The molecule has 2 aliphatic heterocycles. The highest BCUT2D eigenvalue weighted by Gasteiger charge is 2.33. The fourth-order valence-electron chi connectivity index (χ4n) is 2.25. The van der Waals surface area contributed by atoms with Crippen LogP contribution in [0.1, 0.15) is 12.8 Å². The van der Waals surface area contributed by atoms with Crippen LogP contribution < -0.4 is 5.32 Å². The first kappa shape index (κ1) is 7.74. The van der Waals surface area contributed by atoms with E-state index in [2.05, 4.69) is 41.4 Å². The SMILES string of the molecule is C1=CC2=C3NCCCC3SC2C=C1. The number of thioether (sulfide) groups is 1. The summed E-state index contributed by atoms with van der Waals surface area (Å²) in [6.45, 7) is 1.17. The van der Waals surface area contributed by atoms with E-state index in [0.717, 1.165) is 5.25 Å². The Balaban J connectivity index is 2.00.